The molecule has 2 bridgehead atoms. The Morgan fingerprint density at radius 1 is 0.729 bits per heavy atom. The van der Waals surface area contributed by atoms with Gasteiger partial charge in [0.25, 0.3) is 0 Å². The molecule has 244 valence electrons. The summed E-state index contributed by atoms with van der Waals surface area (Å²) >= 11 is 0. The first kappa shape index (κ1) is 30.4. The number of oxazole rings is 1. The summed E-state index contributed by atoms with van der Waals surface area (Å²) in [4.78, 5) is 31.8. The summed E-state index contributed by atoms with van der Waals surface area (Å²) in [6, 6.07) is 38.3. The first-order valence-corrected chi connectivity index (χ1v) is 16.9. The van der Waals surface area contributed by atoms with Gasteiger partial charge in [0, 0.05) is 30.3 Å². The number of fused-ring (bicyclic) bond motifs is 2. The molecule has 4 heterocycles. The van der Waals surface area contributed by atoms with Gasteiger partial charge in [0.2, 0.25) is 5.91 Å². The maximum atomic E-state index is 14.1. The van der Waals surface area contributed by atoms with Crippen molar-refractivity contribution in [2.45, 2.75) is 56.6 Å². The molecular formula is C40H39N3O5. The standard InChI is InChI=1S/C40H39N3O5/c44-39-34(17-10-22-41-37(30-13-6-2-7-14-30)38(48-40(41)45)31-15-8-3-9-16-31)43-35-24-42(39)32(26-46-27-36(35)43)23-28-18-20-33(21-19-28)47-25-29-11-4-1-5-12-29/h1-9,11-16,18-21,32,34-36H,10,17,22-27H2/t32-,34+,35-,36+,43?/m0/s1. The van der Waals surface area contributed by atoms with Crippen LogP contribution < -0.4 is 10.5 Å². The highest BCUT2D eigenvalue weighted by molar-refractivity contribution is 5.84. The van der Waals surface area contributed by atoms with E-state index in [4.69, 9.17) is 13.9 Å². The highest BCUT2D eigenvalue weighted by atomic mass is 16.5. The molecule has 5 atom stereocenters. The number of rotatable bonds is 11. The predicted molar refractivity (Wildman–Crippen MR) is 184 cm³/mol. The zero-order chi connectivity index (χ0) is 32.5. The fourth-order valence-corrected chi connectivity index (χ4v) is 7.48. The van der Waals surface area contributed by atoms with Crippen LogP contribution in [0.2, 0.25) is 0 Å². The maximum absolute atomic E-state index is 14.1. The molecular weight excluding hydrogens is 602 g/mol. The second-order valence-corrected chi connectivity index (χ2v) is 13.0. The molecule has 1 amide bonds. The predicted octanol–water partition coefficient (Wildman–Crippen LogP) is 6.04. The highest BCUT2D eigenvalue weighted by Gasteiger charge is 2.59. The summed E-state index contributed by atoms with van der Waals surface area (Å²) in [5.41, 5.74) is 4.84. The summed E-state index contributed by atoms with van der Waals surface area (Å²) in [5.74, 6) is 1.18. The van der Waals surface area contributed by atoms with Crippen LogP contribution >= 0.6 is 0 Å². The van der Waals surface area contributed by atoms with Crippen LogP contribution in [-0.4, -0.2) is 64.2 Å². The largest absolute Gasteiger partial charge is 0.489 e. The number of amides is 1. The van der Waals surface area contributed by atoms with Crippen LogP contribution in [0.5, 0.6) is 5.75 Å². The highest BCUT2D eigenvalue weighted by Crippen LogP contribution is 2.41. The lowest BCUT2D eigenvalue weighted by atomic mass is 10.0. The molecule has 3 fully saturated rings. The third-order valence-electron chi connectivity index (χ3n) is 9.95. The molecule has 3 aliphatic heterocycles. The van der Waals surface area contributed by atoms with E-state index in [9.17, 15) is 9.59 Å². The van der Waals surface area contributed by atoms with Crippen LogP contribution in [0, 0.1) is 0 Å². The summed E-state index contributed by atoms with van der Waals surface area (Å²) < 4.78 is 19.8. The van der Waals surface area contributed by atoms with E-state index in [1.165, 1.54) is 0 Å². The molecule has 1 aromatic heterocycles. The van der Waals surface area contributed by atoms with E-state index in [0.29, 0.717) is 51.0 Å². The lowest BCUT2D eigenvalue weighted by molar-refractivity contribution is -0.141. The number of nitrogens with zero attached hydrogens (tertiary/aromatic N) is 3. The van der Waals surface area contributed by atoms with Gasteiger partial charge in [0.05, 0.1) is 37.0 Å². The van der Waals surface area contributed by atoms with Gasteiger partial charge >= 0.3 is 5.76 Å². The van der Waals surface area contributed by atoms with Crippen molar-refractivity contribution < 1.29 is 18.7 Å². The van der Waals surface area contributed by atoms with Gasteiger partial charge in [0.15, 0.2) is 5.76 Å². The van der Waals surface area contributed by atoms with Gasteiger partial charge in [-0.25, -0.2) is 4.79 Å². The van der Waals surface area contributed by atoms with Crippen molar-refractivity contribution in [1.29, 1.82) is 0 Å². The third-order valence-corrected chi connectivity index (χ3v) is 9.95. The van der Waals surface area contributed by atoms with Crippen LogP contribution in [0.3, 0.4) is 0 Å². The minimum Gasteiger partial charge on any atom is -0.489 e. The smallest absolute Gasteiger partial charge is 0.419 e. The zero-order valence-corrected chi connectivity index (χ0v) is 26.8. The Bertz CT molecular complexity index is 1910. The number of carbonyl (C=O) groups is 1. The first-order chi connectivity index (χ1) is 23.6. The van der Waals surface area contributed by atoms with E-state index in [-0.39, 0.29) is 29.8 Å². The Balaban J connectivity index is 0.956. The molecule has 8 heteroatoms. The number of hydrogen-bond acceptors (Lipinski definition) is 6. The number of aromatic nitrogens is 1. The Labute approximate surface area is 280 Å². The fourth-order valence-electron chi connectivity index (χ4n) is 7.48. The average molecular weight is 642 g/mol. The number of hydrogen-bond donors (Lipinski definition) is 0. The van der Waals surface area contributed by atoms with E-state index < -0.39 is 0 Å². The van der Waals surface area contributed by atoms with Crippen LogP contribution in [-0.2, 0) is 29.1 Å². The zero-order valence-electron chi connectivity index (χ0n) is 26.8. The van der Waals surface area contributed by atoms with Crippen LogP contribution in [0.1, 0.15) is 24.0 Å². The molecule has 1 unspecified atom stereocenters. The molecule has 4 aromatic carbocycles. The molecule has 3 saturated heterocycles. The van der Waals surface area contributed by atoms with Crippen LogP contribution in [0.25, 0.3) is 22.6 Å². The van der Waals surface area contributed by atoms with Gasteiger partial charge in [-0.2, -0.15) is 0 Å². The van der Waals surface area contributed by atoms with Crippen molar-refractivity contribution in [2.75, 3.05) is 19.8 Å². The Morgan fingerprint density at radius 2 is 1.42 bits per heavy atom. The molecule has 8 rings (SSSR count). The minimum atomic E-state index is -0.380. The lowest BCUT2D eigenvalue weighted by Crippen LogP contribution is -2.55. The van der Waals surface area contributed by atoms with Gasteiger partial charge in [-0.1, -0.05) is 103 Å². The molecule has 0 N–H and O–H groups in total. The summed E-state index contributed by atoms with van der Waals surface area (Å²) in [5, 5.41) is 0. The number of carbonyl (C=O) groups excluding carboxylic acids is 1. The number of benzene rings is 4. The SMILES string of the molecule is O=C1[C@@H](CCCn2c(-c3ccccc3)c(-c3ccccc3)oc2=O)N2[C@@H]3COC[C@H](Cc4ccc(OCc5ccccc5)cc4)N1C[C@@H]32. The Morgan fingerprint density at radius 3 is 2.15 bits per heavy atom. The van der Waals surface area contributed by atoms with Gasteiger partial charge in [-0.15, -0.1) is 0 Å². The molecule has 5 aromatic rings. The number of piperazine rings is 1. The van der Waals surface area contributed by atoms with Crippen molar-refractivity contribution >= 4 is 5.91 Å². The van der Waals surface area contributed by atoms with E-state index in [0.717, 1.165) is 46.7 Å². The summed E-state index contributed by atoms with van der Waals surface area (Å²) in [7, 11) is 0. The van der Waals surface area contributed by atoms with Gasteiger partial charge in [0.1, 0.15) is 12.4 Å². The van der Waals surface area contributed by atoms with Crippen LogP contribution in [0.15, 0.2) is 124 Å². The first-order valence-electron chi connectivity index (χ1n) is 16.9. The van der Waals surface area contributed by atoms with E-state index in [1.54, 1.807) is 4.57 Å². The van der Waals surface area contributed by atoms with Crippen molar-refractivity contribution in [3.05, 3.63) is 137 Å². The minimum absolute atomic E-state index is 0.0330. The number of ether oxygens (including phenoxy) is 2. The monoisotopic (exact) mass is 641 g/mol. The van der Waals surface area contributed by atoms with Gasteiger partial charge in [-0.3, -0.25) is 14.3 Å². The molecule has 3 aliphatic rings. The average Bonchev–Trinajstić information content (AvgIpc) is 3.69. The Hall–Kier alpha value is -4.92. The second-order valence-electron chi connectivity index (χ2n) is 13.0. The van der Waals surface area contributed by atoms with Crippen molar-refractivity contribution in [1.82, 2.24) is 14.4 Å². The third kappa shape index (κ3) is 6.09. The van der Waals surface area contributed by atoms with E-state index in [1.807, 2.05) is 91.0 Å². The van der Waals surface area contributed by atoms with Crippen molar-refractivity contribution in [3.63, 3.8) is 0 Å². The van der Waals surface area contributed by atoms with Crippen molar-refractivity contribution in [3.8, 4) is 28.3 Å². The molecule has 48 heavy (non-hydrogen) atoms. The van der Waals surface area contributed by atoms with Gasteiger partial charge in [-0.05, 0) is 42.5 Å². The van der Waals surface area contributed by atoms with E-state index >= 15 is 0 Å². The molecule has 0 aliphatic carbocycles. The quantitative estimate of drug-likeness (QED) is 0.164. The molecule has 0 saturated carbocycles. The summed E-state index contributed by atoms with van der Waals surface area (Å²) in [6.45, 7) is 2.90. The Kier molecular flexibility index (Phi) is 8.43. The summed E-state index contributed by atoms with van der Waals surface area (Å²) in [6.07, 6.45) is 2.06. The normalized spacial score (nSPS) is 23.0. The van der Waals surface area contributed by atoms with E-state index in [2.05, 4.69) is 34.1 Å². The molecule has 0 spiro atoms. The topological polar surface area (TPSA) is 76.9 Å². The molecule has 0 radical (unpaired) electrons. The maximum Gasteiger partial charge on any atom is 0.419 e. The van der Waals surface area contributed by atoms with Gasteiger partial charge < -0.3 is 18.8 Å². The van der Waals surface area contributed by atoms with Crippen molar-refractivity contribution in [2.24, 2.45) is 0 Å². The molecule has 8 nitrogen and oxygen atoms in total. The second kappa shape index (κ2) is 13.3. The lowest BCUT2D eigenvalue weighted by Gasteiger charge is -2.38. The van der Waals surface area contributed by atoms with Crippen LogP contribution in [0.4, 0.5) is 0 Å². The fraction of sp³-hybridized carbons (Fsp3) is 0.300.